The Morgan fingerprint density at radius 1 is 1.12 bits per heavy atom. The summed E-state index contributed by atoms with van der Waals surface area (Å²) in [6, 6.07) is 11.4. The average molecular weight is 341 g/mol. The molecule has 0 aliphatic heterocycles. The number of furan rings is 1. The normalized spacial score (nSPS) is 12.6. The van der Waals surface area contributed by atoms with E-state index >= 15 is 0 Å². The van der Waals surface area contributed by atoms with Crippen molar-refractivity contribution in [2.24, 2.45) is 0 Å². The van der Waals surface area contributed by atoms with Gasteiger partial charge >= 0.3 is 0 Å². The summed E-state index contributed by atoms with van der Waals surface area (Å²) in [7, 11) is 0. The Labute approximate surface area is 145 Å². The van der Waals surface area contributed by atoms with Crippen molar-refractivity contribution >= 4 is 29.4 Å². The number of nitrogen functional groups attached to an aromatic ring is 2. The van der Waals surface area contributed by atoms with Crippen LogP contribution >= 0.6 is 11.6 Å². The molecule has 0 fully saturated rings. The van der Waals surface area contributed by atoms with Crippen LogP contribution in [0.25, 0.3) is 6.08 Å². The first-order valence-corrected chi connectivity index (χ1v) is 7.79. The molecule has 1 aromatic carbocycles. The average Bonchev–Trinajstić information content (AvgIpc) is 3.05. The Bertz CT molecular complexity index is 834. The first-order valence-electron chi connectivity index (χ1n) is 7.41. The highest BCUT2D eigenvalue weighted by Crippen LogP contribution is 2.29. The molecule has 3 aromatic rings. The minimum Gasteiger partial charge on any atom is -0.468 e. The monoisotopic (exact) mass is 340 g/mol. The number of allylic oxidation sites excluding steroid dienone is 1. The minimum absolute atomic E-state index is 0.0754. The lowest BCUT2D eigenvalue weighted by molar-refractivity contribution is 0.507. The van der Waals surface area contributed by atoms with Gasteiger partial charge in [-0.05, 0) is 36.8 Å². The van der Waals surface area contributed by atoms with Crippen molar-refractivity contribution in [1.29, 1.82) is 0 Å². The molecule has 24 heavy (non-hydrogen) atoms. The quantitative estimate of drug-likeness (QED) is 0.747. The van der Waals surface area contributed by atoms with Gasteiger partial charge < -0.3 is 15.9 Å². The molecule has 0 bridgehead atoms. The van der Waals surface area contributed by atoms with Crippen LogP contribution in [0.5, 0.6) is 0 Å². The van der Waals surface area contributed by atoms with E-state index in [2.05, 4.69) is 9.97 Å². The fraction of sp³-hybridized carbons (Fsp3) is 0.111. The summed E-state index contributed by atoms with van der Waals surface area (Å²) in [6.07, 6.45) is 5.55. The van der Waals surface area contributed by atoms with Crippen molar-refractivity contribution in [3.63, 3.8) is 0 Å². The lowest BCUT2D eigenvalue weighted by Gasteiger charge is -2.12. The second-order valence-corrected chi connectivity index (χ2v) is 5.81. The summed E-state index contributed by atoms with van der Waals surface area (Å²) in [5, 5.41) is 0.688. The fourth-order valence-electron chi connectivity index (χ4n) is 2.53. The van der Waals surface area contributed by atoms with Crippen LogP contribution in [0.4, 0.5) is 11.8 Å². The molecule has 0 spiro atoms. The molecule has 2 heterocycles. The molecule has 6 heteroatoms. The molecule has 1 unspecified atom stereocenters. The fourth-order valence-corrected chi connectivity index (χ4v) is 2.66. The Kier molecular flexibility index (Phi) is 4.53. The van der Waals surface area contributed by atoms with Gasteiger partial charge in [0, 0.05) is 10.6 Å². The Morgan fingerprint density at radius 3 is 2.50 bits per heavy atom. The molecule has 0 saturated heterocycles. The standard InChI is InChI=1S/C18H17ClN4O/c1-11-14(17(20)23-18(21)22-11)8-9-15(16-3-2-10-24-16)12-4-6-13(19)7-5-12/h2-10,15H,1H3,(H4,20,21,22,23). The van der Waals surface area contributed by atoms with E-state index in [1.165, 1.54) is 0 Å². The Hall–Kier alpha value is -2.79. The highest BCUT2D eigenvalue weighted by atomic mass is 35.5. The first kappa shape index (κ1) is 16.1. The highest BCUT2D eigenvalue weighted by Gasteiger charge is 2.14. The van der Waals surface area contributed by atoms with Crippen LogP contribution < -0.4 is 11.5 Å². The smallest absolute Gasteiger partial charge is 0.222 e. The lowest BCUT2D eigenvalue weighted by atomic mass is 9.95. The van der Waals surface area contributed by atoms with Gasteiger partial charge in [0.05, 0.1) is 17.9 Å². The third-order valence-electron chi connectivity index (χ3n) is 3.72. The van der Waals surface area contributed by atoms with Gasteiger partial charge in [0.15, 0.2) is 0 Å². The Morgan fingerprint density at radius 2 is 1.88 bits per heavy atom. The number of rotatable bonds is 4. The SMILES string of the molecule is Cc1nc(N)nc(N)c1C=CC(c1ccc(Cl)cc1)c1ccco1. The molecule has 3 rings (SSSR count). The number of hydrogen-bond acceptors (Lipinski definition) is 5. The molecule has 4 N–H and O–H groups in total. The van der Waals surface area contributed by atoms with E-state index in [-0.39, 0.29) is 11.9 Å². The number of nitrogens with zero attached hydrogens (tertiary/aromatic N) is 2. The molecule has 5 nitrogen and oxygen atoms in total. The second kappa shape index (κ2) is 6.76. The summed E-state index contributed by atoms with van der Waals surface area (Å²) in [6.45, 7) is 1.85. The predicted octanol–water partition coefficient (Wildman–Crippen LogP) is 4.04. The number of aryl methyl sites for hydroxylation is 1. The van der Waals surface area contributed by atoms with E-state index in [4.69, 9.17) is 27.5 Å². The van der Waals surface area contributed by atoms with Gasteiger partial charge in [0.1, 0.15) is 11.6 Å². The maximum atomic E-state index is 5.98. The molecular formula is C18H17ClN4O. The van der Waals surface area contributed by atoms with Gasteiger partial charge in [-0.15, -0.1) is 0 Å². The molecule has 0 saturated carbocycles. The summed E-state index contributed by atoms with van der Waals surface area (Å²) in [5.74, 6) is 1.27. The second-order valence-electron chi connectivity index (χ2n) is 5.37. The number of halogens is 1. The third-order valence-corrected chi connectivity index (χ3v) is 3.97. The topological polar surface area (TPSA) is 91.0 Å². The van der Waals surface area contributed by atoms with Crippen LogP contribution in [-0.2, 0) is 0 Å². The summed E-state index contributed by atoms with van der Waals surface area (Å²) in [5.41, 5.74) is 14.1. The molecule has 1 atom stereocenters. The van der Waals surface area contributed by atoms with Crippen molar-refractivity contribution in [1.82, 2.24) is 9.97 Å². The van der Waals surface area contributed by atoms with Crippen LogP contribution in [0.3, 0.4) is 0 Å². The van der Waals surface area contributed by atoms with Crippen LogP contribution in [0.1, 0.15) is 28.5 Å². The van der Waals surface area contributed by atoms with Crippen LogP contribution in [-0.4, -0.2) is 9.97 Å². The minimum atomic E-state index is -0.0754. The van der Waals surface area contributed by atoms with E-state index in [1.54, 1.807) is 6.26 Å². The van der Waals surface area contributed by atoms with Gasteiger partial charge in [0.25, 0.3) is 0 Å². The predicted molar refractivity (Wildman–Crippen MR) is 96.6 cm³/mol. The van der Waals surface area contributed by atoms with E-state index < -0.39 is 0 Å². The molecule has 122 valence electrons. The van der Waals surface area contributed by atoms with Gasteiger partial charge in [-0.2, -0.15) is 4.98 Å². The van der Waals surface area contributed by atoms with E-state index in [1.807, 2.05) is 55.5 Å². The molecular weight excluding hydrogens is 324 g/mol. The summed E-state index contributed by atoms with van der Waals surface area (Å²) >= 11 is 5.98. The largest absolute Gasteiger partial charge is 0.468 e. The molecule has 0 amide bonds. The maximum Gasteiger partial charge on any atom is 0.222 e. The molecule has 0 radical (unpaired) electrons. The highest BCUT2D eigenvalue weighted by molar-refractivity contribution is 6.30. The summed E-state index contributed by atoms with van der Waals surface area (Å²) in [4.78, 5) is 8.17. The van der Waals surface area contributed by atoms with Gasteiger partial charge in [0.2, 0.25) is 5.95 Å². The molecule has 0 aliphatic rings. The summed E-state index contributed by atoms with van der Waals surface area (Å²) < 4.78 is 5.58. The first-order chi connectivity index (χ1) is 11.5. The van der Waals surface area contributed by atoms with Crippen molar-refractivity contribution in [3.05, 3.63) is 76.3 Å². The zero-order valence-electron chi connectivity index (χ0n) is 13.1. The number of nitrogens with two attached hydrogens (primary N) is 2. The van der Waals surface area contributed by atoms with Gasteiger partial charge in [-0.3, -0.25) is 0 Å². The number of aromatic nitrogens is 2. The van der Waals surface area contributed by atoms with Crippen LogP contribution in [0.15, 0.2) is 53.2 Å². The van der Waals surface area contributed by atoms with Gasteiger partial charge in [-0.1, -0.05) is 35.9 Å². The number of benzene rings is 1. The van der Waals surface area contributed by atoms with E-state index in [0.29, 0.717) is 10.8 Å². The van der Waals surface area contributed by atoms with E-state index in [9.17, 15) is 0 Å². The number of hydrogen-bond donors (Lipinski definition) is 2. The zero-order valence-corrected chi connectivity index (χ0v) is 13.9. The molecule has 0 aliphatic carbocycles. The third kappa shape index (κ3) is 3.41. The molecule has 2 aromatic heterocycles. The lowest BCUT2D eigenvalue weighted by Crippen LogP contribution is -2.04. The Balaban J connectivity index is 2.00. The van der Waals surface area contributed by atoms with Crippen LogP contribution in [0.2, 0.25) is 5.02 Å². The van der Waals surface area contributed by atoms with Crippen LogP contribution in [0, 0.1) is 6.92 Å². The number of anilines is 2. The van der Waals surface area contributed by atoms with Crippen molar-refractivity contribution in [2.45, 2.75) is 12.8 Å². The maximum absolute atomic E-state index is 5.98. The van der Waals surface area contributed by atoms with E-state index in [0.717, 1.165) is 22.6 Å². The van der Waals surface area contributed by atoms with Gasteiger partial charge in [-0.25, -0.2) is 4.98 Å². The van der Waals surface area contributed by atoms with Crippen molar-refractivity contribution in [2.75, 3.05) is 11.5 Å². The van der Waals surface area contributed by atoms with Crippen molar-refractivity contribution < 1.29 is 4.42 Å². The zero-order chi connectivity index (χ0) is 17.1. The van der Waals surface area contributed by atoms with Crippen molar-refractivity contribution in [3.8, 4) is 0 Å².